The van der Waals surface area contributed by atoms with Gasteiger partial charge in [0, 0.05) is 37.0 Å². The van der Waals surface area contributed by atoms with Crippen molar-refractivity contribution in [1.82, 2.24) is 14.8 Å². The number of pyridine rings is 1. The minimum atomic E-state index is 0.129. The lowest BCUT2D eigenvalue weighted by Crippen LogP contribution is -2.34. The van der Waals surface area contributed by atoms with E-state index in [-0.39, 0.29) is 5.91 Å². The number of aryl methyl sites for hydroxylation is 3. The van der Waals surface area contributed by atoms with E-state index in [0.29, 0.717) is 17.9 Å². The number of carbonyl (C=O) groups excluding carboxylic acids is 1. The summed E-state index contributed by atoms with van der Waals surface area (Å²) in [7, 11) is 2.22. The molecule has 1 aromatic heterocycles. The average molecular weight is 400 g/mol. The molecule has 2 fully saturated rings. The van der Waals surface area contributed by atoms with Crippen molar-refractivity contribution < 1.29 is 4.79 Å². The summed E-state index contributed by atoms with van der Waals surface area (Å²) in [6.07, 6.45) is 0. The van der Waals surface area contributed by atoms with Crippen LogP contribution in [0.5, 0.6) is 0 Å². The van der Waals surface area contributed by atoms with Gasteiger partial charge < -0.3 is 4.90 Å². The van der Waals surface area contributed by atoms with Crippen molar-refractivity contribution in [2.75, 3.05) is 26.7 Å². The van der Waals surface area contributed by atoms with Crippen molar-refractivity contribution >= 4 is 16.8 Å². The molecular formula is C26H29N3O. The topological polar surface area (TPSA) is 36.4 Å². The Balaban J connectivity index is 1.43. The van der Waals surface area contributed by atoms with Gasteiger partial charge in [-0.25, -0.2) is 0 Å². The molecule has 0 aliphatic carbocycles. The number of aromatic nitrogens is 1. The maximum atomic E-state index is 13.5. The van der Waals surface area contributed by atoms with Crippen LogP contribution in [0.4, 0.5) is 0 Å². The van der Waals surface area contributed by atoms with Crippen molar-refractivity contribution in [3.63, 3.8) is 0 Å². The lowest BCUT2D eigenvalue weighted by molar-refractivity contribution is 0.0767. The number of benzene rings is 2. The van der Waals surface area contributed by atoms with Crippen LogP contribution in [0.15, 0.2) is 48.5 Å². The Morgan fingerprint density at radius 1 is 1.00 bits per heavy atom. The highest BCUT2D eigenvalue weighted by atomic mass is 16.2. The number of hydrogen-bond donors (Lipinski definition) is 0. The van der Waals surface area contributed by atoms with Crippen molar-refractivity contribution in [2.45, 2.75) is 26.8 Å². The fourth-order valence-corrected chi connectivity index (χ4v) is 5.59. The standard InChI is InChI=1S/C26H29N3O/c1-16-9-10-24-19(11-16)12-22(18(3)27-24)26(30)29-14-20-13-28(4)25(23(20)15-29)21-8-6-5-7-17(21)2/h5-12,20,23,25H,13-15H2,1-4H3/t20-,23+,25-/m0/s1. The molecule has 2 aliphatic rings. The molecule has 0 N–H and O–H groups in total. The van der Waals surface area contributed by atoms with Gasteiger partial charge in [0.15, 0.2) is 0 Å². The first-order valence-corrected chi connectivity index (χ1v) is 10.9. The first-order valence-electron chi connectivity index (χ1n) is 10.9. The van der Waals surface area contributed by atoms with Gasteiger partial charge in [-0.1, -0.05) is 35.9 Å². The first kappa shape index (κ1) is 19.3. The molecule has 3 heterocycles. The molecule has 154 valence electrons. The number of amides is 1. The van der Waals surface area contributed by atoms with E-state index < -0.39 is 0 Å². The van der Waals surface area contributed by atoms with Crippen molar-refractivity contribution in [3.05, 3.63) is 76.5 Å². The van der Waals surface area contributed by atoms with Crippen LogP contribution in [-0.4, -0.2) is 47.4 Å². The number of carbonyl (C=O) groups is 1. The maximum absolute atomic E-state index is 13.5. The second-order valence-electron chi connectivity index (χ2n) is 9.19. The van der Waals surface area contributed by atoms with E-state index in [1.165, 1.54) is 16.7 Å². The Kier molecular flexibility index (Phi) is 4.62. The molecule has 0 unspecified atom stereocenters. The van der Waals surface area contributed by atoms with E-state index in [9.17, 15) is 4.79 Å². The molecule has 2 aromatic carbocycles. The quantitative estimate of drug-likeness (QED) is 0.635. The molecule has 3 aromatic rings. The highest BCUT2D eigenvalue weighted by Crippen LogP contribution is 2.45. The number of likely N-dealkylation sites (tertiary alicyclic amines) is 2. The SMILES string of the molecule is Cc1ccc2nc(C)c(C(=O)N3C[C@@H]4CN(C)[C@@H](c5ccccc5C)[C@@H]4C3)cc2c1. The monoisotopic (exact) mass is 399 g/mol. The minimum Gasteiger partial charge on any atom is -0.338 e. The molecule has 4 heteroatoms. The largest absolute Gasteiger partial charge is 0.338 e. The lowest BCUT2D eigenvalue weighted by atomic mass is 9.88. The molecule has 0 radical (unpaired) electrons. The average Bonchev–Trinajstić information content (AvgIpc) is 3.25. The van der Waals surface area contributed by atoms with E-state index in [0.717, 1.165) is 41.8 Å². The van der Waals surface area contributed by atoms with Crippen molar-refractivity contribution in [2.24, 2.45) is 11.8 Å². The van der Waals surface area contributed by atoms with E-state index in [1.807, 2.05) is 19.1 Å². The Morgan fingerprint density at radius 2 is 1.80 bits per heavy atom. The fourth-order valence-electron chi connectivity index (χ4n) is 5.59. The third-order valence-corrected chi connectivity index (χ3v) is 7.08. The molecule has 3 atom stereocenters. The summed E-state index contributed by atoms with van der Waals surface area (Å²) in [4.78, 5) is 22.7. The summed E-state index contributed by atoms with van der Waals surface area (Å²) >= 11 is 0. The summed E-state index contributed by atoms with van der Waals surface area (Å²) in [6, 6.07) is 17.3. The molecule has 30 heavy (non-hydrogen) atoms. The number of fused-ring (bicyclic) bond motifs is 2. The third-order valence-electron chi connectivity index (χ3n) is 7.08. The van der Waals surface area contributed by atoms with Gasteiger partial charge in [-0.3, -0.25) is 14.7 Å². The highest BCUT2D eigenvalue weighted by molar-refractivity contribution is 5.99. The van der Waals surface area contributed by atoms with Gasteiger partial charge in [0.25, 0.3) is 5.91 Å². The van der Waals surface area contributed by atoms with E-state index in [4.69, 9.17) is 4.98 Å². The summed E-state index contributed by atoms with van der Waals surface area (Å²) in [5, 5.41) is 1.04. The van der Waals surface area contributed by atoms with Gasteiger partial charge in [-0.15, -0.1) is 0 Å². The van der Waals surface area contributed by atoms with Crippen LogP contribution in [0.3, 0.4) is 0 Å². The second kappa shape index (κ2) is 7.21. The predicted octanol–water partition coefficient (Wildman–Crippen LogP) is 4.53. The van der Waals surface area contributed by atoms with Crippen LogP contribution in [0.1, 0.15) is 38.8 Å². The van der Waals surface area contributed by atoms with Gasteiger partial charge in [-0.05, 0) is 63.1 Å². The van der Waals surface area contributed by atoms with Crippen molar-refractivity contribution in [1.29, 1.82) is 0 Å². The highest BCUT2D eigenvalue weighted by Gasteiger charge is 2.47. The first-order chi connectivity index (χ1) is 14.4. The van der Waals surface area contributed by atoms with E-state index >= 15 is 0 Å². The van der Waals surface area contributed by atoms with Crippen LogP contribution < -0.4 is 0 Å². The molecule has 2 saturated heterocycles. The predicted molar refractivity (Wildman–Crippen MR) is 121 cm³/mol. The molecule has 0 saturated carbocycles. The summed E-state index contributed by atoms with van der Waals surface area (Å²) in [5.74, 6) is 1.14. The van der Waals surface area contributed by atoms with Gasteiger partial charge in [-0.2, -0.15) is 0 Å². The van der Waals surface area contributed by atoms with Crippen LogP contribution in [0.25, 0.3) is 10.9 Å². The van der Waals surface area contributed by atoms with Crippen LogP contribution in [0, 0.1) is 32.6 Å². The zero-order valence-corrected chi connectivity index (χ0v) is 18.2. The molecular weight excluding hydrogens is 370 g/mol. The summed E-state index contributed by atoms with van der Waals surface area (Å²) in [5.41, 5.74) is 6.45. The number of nitrogens with zero attached hydrogens (tertiary/aromatic N) is 3. The summed E-state index contributed by atoms with van der Waals surface area (Å²) < 4.78 is 0. The van der Waals surface area contributed by atoms with Crippen LogP contribution >= 0.6 is 0 Å². The summed E-state index contributed by atoms with van der Waals surface area (Å²) in [6.45, 7) is 8.92. The molecule has 5 rings (SSSR count). The number of rotatable bonds is 2. The normalized spacial score (nSPS) is 23.9. The van der Waals surface area contributed by atoms with Gasteiger partial charge >= 0.3 is 0 Å². The Bertz CT molecular complexity index is 1140. The Morgan fingerprint density at radius 3 is 2.60 bits per heavy atom. The third kappa shape index (κ3) is 3.10. The molecule has 2 aliphatic heterocycles. The zero-order chi connectivity index (χ0) is 21.0. The van der Waals surface area contributed by atoms with Gasteiger partial charge in [0.1, 0.15) is 0 Å². The molecule has 4 nitrogen and oxygen atoms in total. The second-order valence-corrected chi connectivity index (χ2v) is 9.19. The molecule has 0 bridgehead atoms. The van der Waals surface area contributed by atoms with E-state index in [1.54, 1.807) is 0 Å². The Hall–Kier alpha value is -2.72. The Labute approximate surface area is 178 Å². The smallest absolute Gasteiger partial charge is 0.255 e. The fraction of sp³-hybridized carbons (Fsp3) is 0.385. The zero-order valence-electron chi connectivity index (χ0n) is 18.2. The molecule has 1 amide bonds. The lowest BCUT2D eigenvalue weighted by Gasteiger charge is -2.28. The maximum Gasteiger partial charge on any atom is 0.255 e. The van der Waals surface area contributed by atoms with Gasteiger partial charge in [0.05, 0.1) is 16.8 Å². The van der Waals surface area contributed by atoms with Crippen LogP contribution in [-0.2, 0) is 0 Å². The van der Waals surface area contributed by atoms with Crippen LogP contribution in [0.2, 0.25) is 0 Å². The van der Waals surface area contributed by atoms with E-state index in [2.05, 4.69) is 67.1 Å². The van der Waals surface area contributed by atoms with Gasteiger partial charge in [0.2, 0.25) is 0 Å². The van der Waals surface area contributed by atoms with Crippen molar-refractivity contribution in [3.8, 4) is 0 Å². The number of hydrogen-bond acceptors (Lipinski definition) is 3. The minimum absolute atomic E-state index is 0.129. The molecule has 0 spiro atoms.